The zero-order valence-electron chi connectivity index (χ0n) is 14.2. The first-order valence-corrected chi connectivity index (χ1v) is 10.3. The molecule has 7 heteroatoms. The van der Waals surface area contributed by atoms with Crippen LogP contribution in [0, 0.1) is 0 Å². The number of hydrogen-bond acceptors (Lipinski definition) is 3. The number of benzene rings is 1. The Morgan fingerprint density at radius 3 is 2.42 bits per heavy atom. The molecular formula is C17H25ClN2O3S. The van der Waals surface area contributed by atoms with Crippen molar-refractivity contribution in [2.24, 2.45) is 0 Å². The molecule has 1 amide bonds. The number of rotatable bonds is 6. The summed E-state index contributed by atoms with van der Waals surface area (Å²) in [6.45, 7) is 5.04. The molecule has 0 aliphatic carbocycles. The Labute approximate surface area is 149 Å². The molecule has 1 aromatic carbocycles. The lowest BCUT2D eigenvalue weighted by Gasteiger charge is -2.26. The second-order valence-electron chi connectivity index (χ2n) is 6.09. The van der Waals surface area contributed by atoms with Gasteiger partial charge in [-0.1, -0.05) is 31.9 Å². The number of nitrogens with zero attached hydrogens (tertiary/aromatic N) is 1. The molecule has 1 N–H and O–H groups in total. The fourth-order valence-electron chi connectivity index (χ4n) is 2.85. The van der Waals surface area contributed by atoms with Crippen LogP contribution < -0.4 is 5.32 Å². The third-order valence-corrected chi connectivity index (χ3v) is 6.68. The van der Waals surface area contributed by atoms with E-state index in [9.17, 15) is 13.2 Å². The standard InChI is InChI=1S/C17H25ClN2O3S/c1-3-13(4-2)19-17(21)15-12-14(8-9-16(15)18)24(22,23)20-10-6-5-7-11-20/h8-9,12-13H,3-7,10-11H2,1-2H3,(H,19,21). The zero-order chi connectivity index (χ0) is 17.7. The third kappa shape index (κ3) is 4.29. The van der Waals surface area contributed by atoms with Gasteiger partial charge < -0.3 is 5.32 Å². The van der Waals surface area contributed by atoms with E-state index in [0.29, 0.717) is 13.1 Å². The van der Waals surface area contributed by atoms with Crippen LogP contribution in [0.25, 0.3) is 0 Å². The fraction of sp³-hybridized carbons (Fsp3) is 0.588. The van der Waals surface area contributed by atoms with E-state index >= 15 is 0 Å². The Morgan fingerprint density at radius 2 is 1.83 bits per heavy atom. The second-order valence-corrected chi connectivity index (χ2v) is 8.44. The van der Waals surface area contributed by atoms with Gasteiger partial charge in [-0.05, 0) is 43.9 Å². The zero-order valence-corrected chi connectivity index (χ0v) is 15.8. The number of carbonyl (C=O) groups excluding carboxylic acids is 1. The van der Waals surface area contributed by atoms with Crippen molar-refractivity contribution in [2.45, 2.75) is 56.9 Å². The van der Waals surface area contributed by atoms with E-state index in [1.807, 2.05) is 13.8 Å². The summed E-state index contributed by atoms with van der Waals surface area (Å²) in [7, 11) is -3.58. The maximum atomic E-state index is 12.8. The molecule has 0 atom stereocenters. The quantitative estimate of drug-likeness (QED) is 0.831. The van der Waals surface area contributed by atoms with Crippen molar-refractivity contribution in [3.63, 3.8) is 0 Å². The van der Waals surface area contributed by atoms with E-state index < -0.39 is 10.0 Å². The number of carbonyl (C=O) groups is 1. The minimum atomic E-state index is -3.58. The smallest absolute Gasteiger partial charge is 0.253 e. The van der Waals surface area contributed by atoms with Gasteiger partial charge >= 0.3 is 0 Å². The maximum Gasteiger partial charge on any atom is 0.253 e. The number of piperidine rings is 1. The lowest BCUT2D eigenvalue weighted by atomic mass is 10.1. The number of halogens is 1. The molecule has 0 saturated carbocycles. The molecule has 0 aromatic heterocycles. The van der Waals surface area contributed by atoms with Gasteiger partial charge in [0.25, 0.3) is 5.91 Å². The van der Waals surface area contributed by atoms with Crippen LogP contribution in [0.3, 0.4) is 0 Å². The minimum Gasteiger partial charge on any atom is -0.349 e. The molecule has 0 unspecified atom stereocenters. The molecule has 2 rings (SSSR count). The summed E-state index contributed by atoms with van der Waals surface area (Å²) in [6, 6.07) is 4.40. The monoisotopic (exact) mass is 372 g/mol. The van der Waals surface area contributed by atoms with Gasteiger partial charge in [0.1, 0.15) is 0 Å². The van der Waals surface area contributed by atoms with Crippen LogP contribution >= 0.6 is 11.6 Å². The fourth-order valence-corrected chi connectivity index (χ4v) is 4.60. The number of nitrogens with one attached hydrogen (secondary N) is 1. The highest BCUT2D eigenvalue weighted by atomic mass is 35.5. The van der Waals surface area contributed by atoms with Crippen molar-refractivity contribution < 1.29 is 13.2 Å². The van der Waals surface area contributed by atoms with Crippen LogP contribution in [0.4, 0.5) is 0 Å². The molecule has 1 aromatic rings. The summed E-state index contributed by atoms with van der Waals surface area (Å²) in [6.07, 6.45) is 4.41. The van der Waals surface area contributed by atoms with Crippen LogP contribution in [-0.4, -0.2) is 37.8 Å². The van der Waals surface area contributed by atoms with Crippen LogP contribution in [0.15, 0.2) is 23.1 Å². The summed E-state index contributed by atoms with van der Waals surface area (Å²) in [5, 5.41) is 3.16. The van der Waals surface area contributed by atoms with Crippen LogP contribution in [0.1, 0.15) is 56.3 Å². The van der Waals surface area contributed by atoms with Crippen molar-refractivity contribution in [3.05, 3.63) is 28.8 Å². The highest BCUT2D eigenvalue weighted by Crippen LogP contribution is 2.25. The molecule has 134 valence electrons. The van der Waals surface area contributed by atoms with Gasteiger partial charge in [0.15, 0.2) is 0 Å². The van der Waals surface area contributed by atoms with E-state index in [4.69, 9.17) is 11.6 Å². The molecule has 1 aliphatic rings. The summed E-state index contributed by atoms with van der Waals surface area (Å²) >= 11 is 6.13. The molecular weight excluding hydrogens is 348 g/mol. The molecule has 0 spiro atoms. The van der Waals surface area contributed by atoms with E-state index in [-0.39, 0.29) is 27.4 Å². The number of sulfonamides is 1. The van der Waals surface area contributed by atoms with Gasteiger partial charge in [-0.3, -0.25) is 4.79 Å². The Hall–Kier alpha value is -1.11. The highest BCUT2D eigenvalue weighted by Gasteiger charge is 2.27. The van der Waals surface area contributed by atoms with Crippen LogP contribution in [0.5, 0.6) is 0 Å². The Bertz CT molecular complexity index is 681. The van der Waals surface area contributed by atoms with Crippen LogP contribution in [0.2, 0.25) is 5.02 Å². The van der Waals surface area contributed by atoms with E-state index in [0.717, 1.165) is 32.1 Å². The van der Waals surface area contributed by atoms with E-state index in [2.05, 4.69) is 5.32 Å². The van der Waals surface area contributed by atoms with Gasteiger partial charge in [-0.25, -0.2) is 8.42 Å². The van der Waals surface area contributed by atoms with Gasteiger partial charge in [0.05, 0.1) is 15.5 Å². The van der Waals surface area contributed by atoms with E-state index in [1.54, 1.807) is 0 Å². The summed E-state index contributed by atoms with van der Waals surface area (Å²) in [5.74, 6) is -0.329. The van der Waals surface area contributed by atoms with E-state index in [1.165, 1.54) is 22.5 Å². The van der Waals surface area contributed by atoms with Gasteiger partial charge in [0.2, 0.25) is 10.0 Å². The normalized spacial score (nSPS) is 16.3. The molecule has 0 radical (unpaired) electrons. The number of amides is 1. The second kappa shape index (κ2) is 8.32. The number of hydrogen-bond donors (Lipinski definition) is 1. The molecule has 1 saturated heterocycles. The van der Waals surface area contributed by atoms with Gasteiger partial charge in [-0.2, -0.15) is 4.31 Å². The first-order chi connectivity index (χ1) is 11.4. The SMILES string of the molecule is CCC(CC)NC(=O)c1cc(S(=O)(=O)N2CCCCC2)ccc1Cl. The van der Waals surface area contributed by atoms with Crippen molar-refractivity contribution in [1.29, 1.82) is 0 Å². The predicted octanol–water partition coefficient (Wildman–Crippen LogP) is 3.43. The maximum absolute atomic E-state index is 12.8. The summed E-state index contributed by atoms with van der Waals surface area (Å²) in [5.41, 5.74) is 0.210. The van der Waals surface area contributed by atoms with Gasteiger partial charge in [-0.15, -0.1) is 0 Å². The first-order valence-electron chi connectivity index (χ1n) is 8.50. The third-order valence-electron chi connectivity index (χ3n) is 4.46. The average molecular weight is 373 g/mol. The van der Waals surface area contributed by atoms with Crippen molar-refractivity contribution >= 4 is 27.5 Å². The van der Waals surface area contributed by atoms with Gasteiger partial charge in [0, 0.05) is 19.1 Å². The Balaban J connectivity index is 2.29. The minimum absolute atomic E-state index is 0.0518. The molecule has 24 heavy (non-hydrogen) atoms. The van der Waals surface area contributed by atoms with Crippen molar-refractivity contribution in [3.8, 4) is 0 Å². The summed E-state index contributed by atoms with van der Waals surface area (Å²) in [4.78, 5) is 12.6. The van der Waals surface area contributed by atoms with Crippen molar-refractivity contribution in [1.82, 2.24) is 9.62 Å². The lowest BCUT2D eigenvalue weighted by Crippen LogP contribution is -2.36. The Morgan fingerprint density at radius 1 is 1.21 bits per heavy atom. The predicted molar refractivity (Wildman–Crippen MR) is 95.9 cm³/mol. The first kappa shape index (κ1) is 19.2. The lowest BCUT2D eigenvalue weighted by molar-refractivity contribution is 0.0935. The summed E-state index contributed by atoms with van der Waals surface area (Å²) < 4.78 is 27.0. The highest BCUT2D eigenvalue weighted by molar-refractivity contribution is 7.89. The Kier molecular flexibility index (Phi) is 6.66. The molecule has 5 nitrogen and oxygen atoms in total. The average Bonchev–Trinajstić information content (AvgIpc) is 2.60. The molecule has 0 bridgehead atoms. The molecule has 1 heterocycles. The van der Waals surface area contributed by atoms with Crippen LogP contribution in [-0.2, 0) is 10.0 Å². The molecule has 1 aliphatic heterocycles. The topological polar surface area (TPSA) is 66.5 Å². The van der Waals surface area contributed by atoms with Crippen molar-refractivity contribution in [2.75, 3.05) is 13.1 Å². The largest absolute Gasteiger partial charge is 0.349 e. The molecule has 1 fully saturated rings.